The molecule has 0 unspecified atom stereocenters. The number of fused-ring (bicyclic) bond motifs is 1. The summed E-state index contributed by atoms with van der Waals surface area (Å²) in [7, 11) is 1.61. The van der Waals surface area contributed by atoms with Crippen LogP contribution in [-0.2, 0) is 0 Å². The van der Waals surface area contributed by atoms with Crippen LogP contribution in [0.1, 0.15) is 16.1 Å². The van der Waals surface area contributed by atoms with Gasteiger partial charge in [0, 0.05) is 28.2 Å². The lowest BCUT2D eigenvalue weighted by Crippen LogP contribution is -1.97. The van der Waals surface area contributed by atoms with E-state index in [1.165, 1.54) is 6.20 Å². The van der Waals surface area contributed by atoms with Gasteiger partial charge in [-0.1, -0.05) is 0 Å². The molecular formula is C14H13N3O3. The molecule has 2 heterocycles. The normalized spacial score (nSPS) is 10.9. The van der Waals surface area contributed by atoms with E-state index in [1.807, 2.05) is 25.1 Å². The number of ether oxygens (including phenoxy) is 1. The molecule has 6 nitrogen and oxygen atoms in total. The quantitative estimate of drug-likeness (QED) is 0.682. The summed E-state index contributed by atoms with van der Waals surface area (Å²) in [4.78, 5) is 14.5. The lowest BCUT2D eigenvalue weighted by molar-refractivity contribution is 0.0698. The minimum absolute atomic E-state index is 0.157. The first kappa shape index (κ1) is 12.3. The van der Waals surface area contributed by atoms with E-state index in [0.717, 1.165) is 27.9 Å². The number of methoxy groups -OCH3 is 1. The lowest BCUT2D eigenvalue weighted by atomic mass is 10.0. The Balaban J connectivity index is 2.28. The molecule has 3 N–H and O–H groups in total. The Kier molecular flexibility index (Phi) is 2.71. The molecule has 0 aliphatic rings. The van der Waals surface area contributed by atoms with Gasteiger partial charge in [0.2, 0.25) is 0 Å². The Morgan fingerprint density at radius 3 is 2.90 bits per heavy atom. The van der Waals surface area contributed by atoms with E-state index in [2.05, 4.69) is 15.2 Å². The van der Waals surface area contributed by atoms with Gasteiger partial charge in [-0.05, 0) is 19.1 Å². The Morgan fingerprint density at radius 2 is 2.20 bits per heavy atom. The topological polar surface area (TPSA) is 91.0 Å². The molecule has 0 radical (unpaired) electrons. The first-order chi connectivity index (χ1) is 9.61. The van der Waals surface area contributed by atoms with Crippen LogP contribution in [0.25, 0.3) is 22.2 Å². The van der Waals surface area contributed by atoms with E-state index in [-0.39, 0.29) is 5.56 Å². The van der Waals surface area contributed by atoms with Crippen molar-refractivity contribution in [1.29, 1.82) is 0 Å². The van der Waals surface area contributed by atoms with Gasteiger partial charge in [-0.15, -0.1) is 0 Å². The highest BCUT2D eigenvalue weighted by Crippen LogP contribution is 2.34. The molecular weight excluding hydrogens is 258 g/mol. The zero-order valence-corrected chi connectivity index (χ0v) is 11.0. The second-order valence-electron chi connectivity index (χ2n) is 4.50. The molecule has 1 aromatic carbocycles. The monoisotopic (exact) mass is 271 g/mol. The number of carboxylic acids is 1. The van der Waals surface area contributed by atoms with Crippen LogP contribution in [0.2, 0.25) is 0 Å². The fourth-order valence-electron chi connectivity index (χ4n) is 2.40. The number of aromatic nitrogens is 3. The maximum Gasteiger partial charge on any atom is 0.339 e. The number of aryl methyl sites for hydroxylation is 1. The van der Waals surface area contributed by atoms with Crippen molar-refractivity contribution in [3.8, 4) is 17.0 Å². The number of hydrogen-bond acceptors (Lipinski definition) is 3. The first-order valence-corrected chi connectivity index (χ1v) is 6.05. The van der Waals surface area contributed by atoms with Gasteiger partial charge in [-0.2, -0.15) is 5.10 Å². The molecule has 0 aliphatic carbocycles. The lowest BCUT2D eigenvalue weighted by Gasteiger charge is -2.02. The summed E-state index contributed by atoms with van der Waals surface area (Å²) >= 11 is 0. The summed E-state index contributed by atoms with van der Waals surface area (Å²) in [6, 6.07) is 5.62. The van der Waals surface area contributed by atoms with Crippen LogP contribution in [0.15, 0.2) is 24.4 Å². The summed E-state index contributed by atoms with van der Waals surface area (Å²) in [6.45, 7) is 1.90. The van der Waals surface area contributed by atoms with E-state index in [0.29, 0.717) is 5.69 Å². The average Bonchev–Trinajstić information content (AvgIpc) is 3.00. The van der Waals surface area contributed by atoms with Crippen molar-refractivity contribution in [1.82, 2.24) is 15.2 Å². The smallest absolute Gasteiger partial charge is 0.339 e. The molecule has 0 spiro atoms. The zero-order chi connectivity index (χ0) is 14.3. The number of aromatic carboxylic acids is 1. The number of nitrogens with zero attached hydrogens (tertiary/aromatic N) is 1. The zero-order valence-electron chi connectivity index (χ0n) is 11.0. The van der Waals surface area contributed by atoms with Crippen molar-refractivity contribution in [3.63, 3.8) is 0 Å². The third-order valence-electron chi connectivity index (χ3n) is 3.31. The number of hydrogen-bond donors (Lipinski definition) is 3. The maximum absolute atomic E-state index is 11.2. The molecule has 0 amide bonds. The number of rotatable bonds is 3. The Morgan fingerprint density at radius 1 is 1.40 bits per heavy atom. The third-order valence-corrected chi connectivity index (χ3v) is 3.31. The van der Waals surface area contributed by atoms with Crippen LogP contribution < -0.4 is 4.74 Å². The fourth-order valence-corrected chi connectivity index (χ4v) is 2.40. The minimum Gasteiger partial charge on any atom is -0.497 e. The largest absolute Gasteiger partial charge is 0.497 e. The van der Waals surface area contributed by atoms with Crippen molar-refractivity contribution >= 4 is 16.9 Å². The Hall–Kier alpha value is -2.76. The van der Waals surface area contributed by atoms with Gasteiger partial charge >= 0.3 is 5.97 Å². The Labute approximate surface area is 114 Å². The van der Waals surface area contributed by atoms with Gasteiger partial charge < -0.3 is 14.8 Å². The van der Waals surface area contributed by atoms with E-state index >= 15 is 0 Å². The molecule has 102 valence electrons. The number of nitrogens with one attached hydrogen (secondary N) is 2. The minimum atomic E-state index is -1.00. The summed E-state index contributed by atoms with van der Waals surface area (Å²) < 4.78 is 5.19. The predicted molar refractivity (Wildman–Crippen MR) is 74.1 cm³/mol. The average molecular weight is 271 g/mol. The highest BCUT2D eigenvalue weighted by Gasteiger charge is 2.19. The summed E-state index contributed by atoms with van der Waals surface area (Å²) in [5.74, 6) is -0.260. The molecule has 2 aromatic heterocycles. The van der Waals surface area contributed by atoms with Crippen LogP contribution in [0.4, 0.5) is 0 Å². The van der Waals surface area contributed by atoms with Crippen molar-refractivity contribution in [2.24, 2.45) is 0 Å². The van der Waals surface area contributed by atoms with E-state index in [1.54, 1.807) is 7.11 Å². The highest BCUT2D eigenvalue weighted by molar-refractivity contribution is 6.03. The molecule has 0 atom stereocenters. The van der Waals surface area contributed by atoms with Crippen molar-refractivity contribution in [2.45, 2.75) is 6.92 Å². The second kappa shape index (κ2) is 4.41. The SMILES string of the molecule is COc1ccc2c(-c3[nH]ncc3C(=O)O)c(C)[nH]c2c1. The maximum atomic E-state index is 11.2. The number of benzene rings is 1. The van der Waals surface area contributed by atoms with E-state index in [9.17, 15) is 9.90 Å². The first-order valence-electron chi connectivity index (χ1n) is 6.05. The molecule has 6 heteroatoms. The van der Waals surface area contributed by atoms with Crippen LogP contribution in [0.3, 0.4) is 0 Å². The number of carbonyl (C=O) groups is 1. The summed E-state index contributed by atoms with van der Waals surface area (Å²) in [5, 5.41) is 16.7. The number of carboxylic acid groups (broad SMARTS) is 1. The molecule has 0 saturated heterocycles. The third kappa shape index (κ3) is 1.73. The van der Waals surface area contributed by atoms with Crippen LogP contribution in [0.5, 0.6) is 5.75 Å². The van der Waals surface area contributed by atoms with E-state index < -0.39 is 5.97 Å². The molecule has 0 aliphatic heterocycles. The van der Waals surface area contributed by atoms with Gasteiger partial charge in [-0.3, -0.25) is 5.10 Å². The molecule has 0 bridgehead atoms. The van der Waals surface area contributed by atoms with Gasteiger partial charge in [0.15, 0.2) is 0 Å². The number of H-pyrrole nitrogens is 2. The molecule has 0 fully saturated rings. The van der Waals surface area contributed by atoms with Gasteiger partial charge in [-0.25, -0.2) is 4.79 Å². The predicted octanol–water partition coefficient (Wildman–Crippen LogP) is 2.57. The van der Waals surface area contributed by atoms with Gasteiger partial charge in [0.05, 0.1) is 19.0 Å². The van der Waals surface area contributed by atoms with Crippen molar-refractivity contribution < 1.29 is 14.6 Å². The molecule has 3 aromatic rings. The van der Waals surface area contributed by atoms with Crippen LogP contribution >= 0.6 is 0 Å². The molecule has 20 heavy (non-hydrogen) atoms. The summed E-state index contributed by atoms with van der Waals surface area (Å²) in [5.41, 5.74) is 3.25. The van der Waals surface area contributed by atoms with Crippen molar-refractivity contribution in [3.05, 3.63) is 35.7 Å². The van der Waals surface area contributed by atoms with Crippen LogP contribution in [0, 0.1) is 6.92 Å². The number of aromatic amines is 2. The molecule has 0 saturated carbocycles. The van der Waals surface area contributed by atoms with Gasteiger partial charge in [0.1, 0.15) is 11.3 Å². The Bertz CT molecular complexity index is 801. The fraction of sp³-hybridized carbons (Fsp3) is 0.143. The van der Waals surface area contributed by atoms with Crippen LogP contribution in [-0.4, -0.2) is 33.4 Å². The van der Waals surface area contributed by atoms with Gasteiger partial charge in [0.25, 0.3) is 0 Å². The highest BCUT2D eigenvalue weighted by atomic mass is 16.5. The van der Waals surface area contributed by atoms with E-state index in [4.69, 9.17) is 4.74 Å². The second-order valence-corrected chi connectivity index (χ2v) is 4.50. The molecule has 3 rings (SSSR count). The standard InChI is InChI=1S/C14H13N3O3/c1-7-12(13-10(14(18)19)6-15-17-13)9-4-3-8(20-2)5-11(9)16-7/h3-6,16H,1-2H3,(H,15,17)(H,18,19). The summed E-state index contributed by atoms with van der Waals surface area (Å²) in [6.07, 6.45) is 1.32. The van der Waals surface area contributed by atoms with Crippen molar-refractivity contribution in [2.75, 3.05) is 7.11 Å².